The zero-order valence-electron chi connectivity index (χ0n) is 12.2. The van der Waals surface area contributed by atoms with Crippen LogP contribution in [0.15, 0.2) is 48.5 Å². The third kappa shape index (κ3) is 3.74. The lowest BCUT2D eigenvalue weighted by atomic mass is 9.95. The normalized spacial score (nSPS) is 9.23. The number of carbonyl (C=O) groups excluding carboxylic acids is 1. The molecule has 0 unspecified atom stereocenters. The molecule has 0 saturated heterocycles. The molecule has 0 aliphatic rings. The van der Waals surface area contributed by atoms with Crippen LogP contribution in [-0.2, 0) is 4.74 Å². The zero-order chi connectivity index (χ0) is 16.5. The van der Waals surface area contributed by atoms with Gasteiger partial charge in [0.15, 0.2) is 0 Å². The second-order valence-electron chi connectivity index (χ2n) is 4.12. The summed E-state index contributed by atoms with van der Waals surface area (Å²) < 4.78 is 5.00. The number of hydrogen-bond donors (Lipinski definition) is 1. The Morgan fingerprint density at radius 2 is 1.41 bits per heavy atom. The number of ether oxygens (including phenoxy) is 1. The van der Waals surface area contributed by atoms with Gasteiger partial charge in [0.25, 0.3) is 0 Å². The van der Waals surface area contributed by atoms with E-state index in [1.54, 1.807) is 49.4 Å². The lowest BCUT2D eigenvalue weighted by Gasteiger charge is -2.11. The number of hydrogen-bond acceptors (Lipinski definition) is 3. The Morgan fingerprint density at radius 1 is 0.955 bits per heavy atom. The molecule has 1 N–H and O–H groups in total. The fourth-order valence-corrected chi connectivity index (χ4v) is 2.01. The minimum Gasteiger partial charge on any atom is -0.478 e. The molecule has 2 aromatic rings. The van der Waals surface area contributed by atoms with Gasteiger partial charge in [0, 0.05) is 0 Å². The second kappa shape index (κ2) is 8.28. The SMILES string of the molecule is C#C.CCOC(=O)c1ccccc1-c1ccccc1C(=O)O. The molecule has 4 heteroatoms. The molecule has 0 heterocycles. The second-order valence-corrected chi connectivity index (χ2v) is 4.12. The molecular formula is C18H16O4. The summed E-state index contributed by atoms with van der Waals surface area (Å²) in [5.74, 6) is -1.48. The van der Waals surface area contributed by atoms with Crippen molar-refractivity contribution in [3.8, 4) is 24.0 Å². The third-order valence-corrected chi connectivity index (χ3v) is 2.87. The number of carboxylic acid groups (broad SMARTS) is 1. The topological polar surface area (TPSA) is 63.6 Å². The van der Waals surface area contributed by atoms with Gasteiger partial charge in [0.05, 0.1) is 17.7 Å². The van der Waals surface area contributed by atoms with Gasteiger partial charge >= 0.3 is 11.9 Å². The van der Waals surface area contributed by atoms with Crippen LogP contribution >= 0.6 is 0 Å². The van der Waals surface area contributed by atoms with Crippen molar-refractivity contribution in [1.29, 1.82) is 0 Å². The van der Waals surface area contributed by atoms with Gasteiger partial charge in [-0.2, -0.15) is 0 Å². The fourth-order valence-electron chi connectivity index (χ4n) is 2.01. The maximum atomic E-state index is 12.0. The van der Waals surface area contributed by atoms with E-state index >= 15 is 0 Å². The van der Waals surface area contributed by atoms with Crippen LogP contribution in [0.4, 0.5) is 0 Å². The number of esters is 1. The zero-order valence-corrected chi connectivity index (χ0v) is 12.2. The van der Waals surface area contributed by atoms with Crippen LogP contribution < -0.4 is 0 Å². The van der Waals surface area contributed by atoms with Crippen molar-refractivity contribution in [2.24, 2.45) is 0 Å². The summed E-state index contributed by atoms with van der Waals surface area (Å²) in [6.07, 6.45) is 8.00. The molecule has 0 radical (unpaired) electrons. The van der Waals surface area contributed by atoms with E-state index in [1.165, 1.54) is 6.07 Å². The fraction of sp³-hybridized carbons (Fsp3) is 0.111. The molecule has 22 heavy (non-hydrogen) atoms. The van der Waals surface area contributed by atoms with Crippen LogP contribution in [0.1, 0.15) is 27.6 Å². The van der Waals surface area contributed by atoms with Crippen molar-refractivity contribution in [1.82, 2.24) is 0 Å². The standard InChI is InChI=1S/C16H14O4.C2H2/c1-2-20-16(19)14-10-6-4-8-12(14)11-7-3-5-9-13(11)15(17)18;1-2/h3-10H,2H2,1H3,(H,17,18);1-2H. The van der Waals surface area contributed by atoms with E-state index in [2.05, 4.69) is 12.8 Å². The summed E-state index contributed by atoms with van der Waals surface area (Å²) in [7, 11) is 0. The number of rotatable bonds is 4. The predicted molar refractivity (Wildman–Crippen MR) is 84.7 cm³/mol. The predicted octanol–water partition coefficient (Wildman–Crippen LogP) is 3.48. The number of carboxylic acids is 1. The van der Waals surface area contributed by atoms with Crippen molar-refractivity contribution in [2.45, 2.75) is 6.92 Å². The monoisotopic (exact) mass is 296 g/mol. The molecule has 2 aromatic carbocycles. The van der Waals surface area contributed by atoms with E-state index in [9.17, 15) is 14.7 Å². The number of terminal acetylenes is 1. The summed E-state index contributed by atoms with van der Waals surface area (Å²) in [6.45, 7) is 2.00. The van der Waals surface area contributed by atoms with Gasteiger partial charge < -0.3 is 9.84 Å². The molecule has 2 rings (SSSR count). The molecular weight excluding hydrogens is 280 g/mol. The largest absolute Gasteiger partial charge is 0.478 e. The maximum Gasteiger partial charge on any atom is 0.338 e. The quantitative estimate of drug-likeness (QED) is 0.693. The first-order valence-corrected chi connectivity index (χ1v) is 6.57. The summed E-state index contributed by atoms with van der Waals surface area (Å²) in [4.78, 5) is 23.2. The van der Waals surface area contributed by atoms with Crippen LogP contribution in [0.2, 0.25) is 0 Å². The first-order chi connectivity index (χ1) is 10.6. The molecule has 0 saturated carbocycles. The van der Waals surface area contributed by atoms with Crippen LogP contribution in [0, 0.1) is 12.8 Å². The smallest absolute Gasteiger partial charge is 0.338 e. The Balaban J connectivity index is 0.00000116. The Labute approximate surface area is 129 Å². The highest BCUT2D eigenvalue weighted by molar-refractivity contribution is 6.02. The Hall–Kier alpha value is -3.06. The average molecular weight is 296 g/mol. The first-order valence-electron chi connectivity index (χ1n) is 6.57. The molecule has 0 aliphatic heterocycles. The van der Waals surface area contributed by atoms with Crippen molar-refractivity contribution < 1.29 is 19.4 Å². The minimum absolute atomic E-state index is 0.157. The van der Waals surface area contributed by atoms with Crippen molar-refractivity contribution >= 4 is 11.9 Å². The van der Waals surface area contributed by atoms with E-state index in [0.717, 1.165) is 0 Å². The molecule has 0 atom stereocenters. The van der Waals surface area contributed by atoms with E-state index in [-0.39, 0.29) is 12.2 Å². The van der Waals surface area contributed by atoms with E-state index in [4.69, 9.17) is 4.74 Å². The first kappa shape index (κ1) is 17.0. The maximum absolute atomic E-state index is 12.0. The van der Waals surface area contributed by atoms with Crippen molar-refractivity contribution in [3.05, 3.63) is 59.7 Å². The molecule has 0 aromatic heterocycles. The summed E-state index contributed by atoms with van der Waals surface area (Å²) in [6, 6.07) is 13.4. The third-order valence-electron chi connectivity index (χ3n) is 2.87. The molecule has 0 spiro atoms. The summed E-state index contributed by atoms with van der Waals surface area (Å²) in [5, 5.41) is 9.24. The highest BCUT2D eigenvalue weighted by Crippen LogP contribution is 2.27. The number of aromatic carboxylic acids is 1. The minimum atomic E-state index is -1.03. The van der Waals surface area contributed by atoms with Gasteiger partial charge in [-0.3, -0.25) is 0 Å². The van der Waals surface area contributed by atoms with Gasteiger partial charge in [-0.25, -0.2) is 9.59 Å². The van der Waals surface area contributed by atoms with Gasteiger partial charge in [-0.05, 0) is 30.2 Å². The van der Waals surface area contributed by atoms with Crippen LogP contribution in [0.5, 0.6) is 0 Å². The number of carbonyl (C=O) groups is 2. The van der Waals surface area contributed by atoms with Crippen LogP contribution in [0.25, 0.3) is 11.1 Å². The Kier molecular flexibility index (Phi) is 6.39. The lowest BCUT2D eigenvalue weighted by Crippen LogP contribution is -2.08. The van der Waals surface area contributed by atoms with E-state index in [0.29, 0.717) is 16.7 Å². The molecule has 4 nitrogen and oxygen atoms in total. The molecule has 0 bridgehead atoms. The molecule has 0 aliphatic carbocycles. The molecule has 0 amide bonds. The Morgan fingerprint density at radius 3 is 1.91 bits per heavy atom. The van der Waals surface area contributed by atoms with Gasteiger partial charge in [0.1, 0.15) is 0 Å². The van der Waals surface area contributed by atoms with E-state index in [1.807, 2.05) is 0 Å². The van der Waals surface area contributed by atoms with Gasteiger partial charge in [0.2, 0.25) is 0 Å². The number of benzene rings is 2. The highest BCUT2D eigenvalue weighted by atomic mass is 16.5. The highest BCUT2D eigenvalue weighted by Gasteiger charge is 2.17. The summed E-state index contributed by atoms with van der Waals surface area (Å²) >= 11 is 0. The molecule has 0 fully saturated rings. The van der Waals surface area contributed by atoms with Crippen LogP contribution in [-0.4, -0.2) is 23.7 Å². The van der Waals surface area contributed by atoms with Gasteiger partial charge in [-0.1, -0.05) is 36.4 Å². The van der Waals surface area contributed by atoms with Gasteiger partial charge in [-0.15, -0.1) is 12.8 Å². The Bertz CT molecular complexity index is 686. The van der Waals surface area contributed by atoms with E-state index < -0.39 is 11.9 Å². The van der Waals surface area contributed by atoms with Crippen LogP contribution in [0.3, 0.4) is 0 Å². The van der Waals surface area contributed by atoms with Crippen molar-refractivity contribution in [3.63, 3.8) is 0 Å². The lowest BCUT2D eigenvalue weighted by molar-refractivity contribution is 0.0526. The average Bonchev–Trinajstić information content (AvgIpc) is 2.57. The van der Waals surface area contributed by atoms with Crippen molar-refractivity contribution in [2.75, 3.05) is 6.61 Å². The molecule has 112 valence electrons. The summed E-state index contributed by atoms with van der Waals surface area (Å²) in [5.41, 5.74) is 1.58.